The average Bonchev–Trinajstić information content (AvgIpc) is 2.52. The van der Waals surface area contributed by atoms with Crippen molar-refractivity contribution >= 4 is 28.1 Å². The number of nitrogens with zero attached hydrogens (tertiary/aromatic N) is 1. The Labute approximate surface area is 149 Å². The van der Waals surface area contributed by atoms with E-state index in [1.165, 1.54) is 6.21 Å². The van der Waals surface area contributed by atoms with Crippen molar-refractivity contribution in [3.8, 4) is 11.5 Å². The van der Waals surface area contributed by atoms with E-state index in [1.54, 1.807) is 7.11 Å². The molecule has 126 valence electrons. The molecule has 0 aliphatic carbocycles. The van der Waals surface area contributed by atoms with E-state index in [0.717, 1.165) is 21.2 Å². The summed E-state index contributed by atoms with van der Waals surface area (Å²) in [4.78, 5) is 11.8. The minimum Gasteiger partial charge on any atom is -0.496 e. The van der Waals surface area contributed by atoms with Crippen LogP contribution < -0.4 is 14.9 Å². The van der Waals surface area contributed by atoms with E-state index in [2.05, 4.69) is 26.5 Å². The number of carbonyl (C=O) groups is 1. The molecule has 1 N–H and O–H groups in total. The summed E-state index contributed by atoms with van der Waals surface area (Å²) >= 11 is 3.38. The Morgan fingerprint density at radius 3 is 2.58 bits per heavy atom. The molecule has 0 bridgehead atoms. The topological polar surface area (TPSA) is 59.9 Å². The molecular weight excluding hydrogens is 372 g/mol. The molecule has 2 aromatic carbocycles. The molecule has 2 rings (SSSR count). The first-order chi connectivity index (χ1) is 11.5. The van der Waals surface area contributed by atoms with E-state index < -0.39 is 0 Å². The summed E-state index contributed by atoms with van der Waals surface area (Å²) < 4.78 is 11.6. The number of hydrogen-bond donors (Lipinski definition) is 1. The monoisotopic (exact) mass is 390 g/mol. The van der Waals surface area contributed by atoms with Gasteiger partial charge in [0.15, 0.2) is 6.61 Å². The van der Waals surface area contributed by atoms with Crippen LogP contribution in [0.1, 0.15) is 16.7 Å². The first-order valence-corrected chi connectivity index (χ1v) is 8.14. The van der Waals surface area contributed by atoms with Gasteiger partial charge < -0.3 is 9.47 Å². The van der Waals surface area contributed by atoms with Crippen molar-refractivity contribution in [1.29, 1.82) is 0 Å². The zero-order valence-corrected chi connectivity index (χ0v) is 15.4. The van der Waals surface area contributed by atoms with Gasteiger partial charge in [-0.1, -0.05) is 22.0 Å². The summed E-state index contributed by atoms with van der Waals surface area (Å²) in [5.74, 6) is 1.00. The second-order valence-electron chi connectivity index (χ2n) is 5.29. The van der Waals surface area contributed by atoms with E-state index in [0.29, 0.717) is 11.5 Å². The van der Waals surface area contributed by atoms with Crippen LogP contribution in [0.3, 0.4) is 0 Å². The van der Waals surface area contributed by atoms with Gasteiger partial charge in [0.05, 0.1) is 13.3 Å². The standard InChI is InChI=1S/C18H19BrN2O3/c1-12-6-13(2)8-16(7-12)24-11-18(22)21-20-10-14-9-15(19)4-5-17(14)23-3/h4-10H,11H2,1-3H3,(H,21,22)/b20-10+. The number of ether oxygens (including phenoxy) is 2. The Bertz CT molecular complexity index is 740. The molecule has 0 spiro atoms. The highest BCUT2D eigenvalue weighted by molar-refractivity contribution is 9.10. The smallest absolute Gasteiger partial charge is 0.277 e. The van der Waals surface area contributed by atoms with Crippen LogP contribution in [0.5, 0.6) is 11.5 Å². The van der Waals surface area contributed by atoms with Crippen molar-refractivity contribution in [2.24, 2.45) is 5.10 Å². The quantitative estimate of drug-likeness (QED) is 0.605. The minimum atomic E-state index is -0.334. The normalized spacial score (nSPS) is 10.7. The van der Waals surface area contributed by atoms with Crippen molar-refractivity contribution in [2.45, 2.75) is 13.8 Å². The number of rotatable bonds is 6. The number of hydrazone groups is 1. The molecule has 0 aliphatic heterocycles. The Morgan fingerprint density at radius 2 is 1.92 bits per heavy atom. The number of nitrogens with one attached hydrogen (secondary N) is 1. The molecule has 0 atom stereocenters. The second-order valence-corrected chi connectivity index (χ2v) is 6.21. The largest absolute Gasteiger partial charge is 0.496 e. The summed E-state index contributed by atoms with van der Waals surface area (Å²) in [6, 6.07) is 11.3. The highest BCUT2D eigenvalue weighted by atomic mass is 79.9. The van der Waals surface area contributed by atoms with Gasteiger partial charge in [0.2, 0.25) is 0 Å². The average molecular weight is 391 g/mol. The Balaban J connectivity index is 1.90. The fourth-order valence-corrected chi connectivity index (χ4v) is 2.56. The number of methoxy groups -OCH3 is 1. The summed E-state index contributed by atoms with van der Waals surface area (Å²) in [6.07, 6.45) is 1.53. The number of halogens is 1. The van der Waals surface area contributed by atoms with Gasteiger partial charge in [-0.2, -0.15) is 5.10 Å². The maximum atomic E-state index is 11.8. The third-order valence-corrected chi connectivity index (χ3v) is 3.64. The Morgan fingerprint density at radius 1 is 1.21 bits per heavy atom. The molecule has 0 aliphatic rings. The Hall–Kier alpha value is -2.34. The molecule has 0 heterocycles. The predicted molar refractivity (Wildman–Crippen MR) is 97.8 cm³/mol. The lowest BCUT2D eigenvalue weighted by atomic mass is 10.1. The minimum absolute atomic E-state index is 0.101. The van der Waals surface area contributed by atoms with Gasteiger partial charge in [-0.3, -0.25) is 4.79 Å². The van der Waals surface area contributed by atoms with Gasteiger partial charge in [0.25, 0.3) is 5.91 Å². The highest BCUT2D eigenvalue weighted by Crippen LogP contribution is 2.21. The lowest BCUT2D eigenvalue weighted by Crippen LogP contribution is -2.24. The third kappa shape index (κ3) is 5.38. The summed E-state index contributed by atoms with van der Waals surface area (Å²) in [7, 11) is 1.58. The van der Waals surface area contributed by atoms with Crippen molar-refractivity contribution in [3.05, 3.63) is 57.6 Å². The molecule has 1 amide bonds. The van der Waals surface area contributed by atoms with Crippen molar-refractivity contribution in [1.82, 2.24) is 5.43 Å². The number of amides is 1. The highest BCUT2D eigenvalue weighted by Gasteiger charge is 2.04. The third-order valence-electron chi connectivity index (χ3n) is 3.15. The Kier molecular flexibility index (Phi) is 6.37. The fraction of sp³-hybridized carbons (Fsp3) is 0.222. The van der Waals surface area contributed by atoms with Crippen LogP contribution in [-0.4, -0.2) is 25.8 Å². The van der Waals surface area contributed by atoms with E-state index in [9.17, 15) is 4.79 Å². The van der Waals surface area contributed by atoms with Crippen LogP contribution in [0.25, 0.3) is 0 Å². The molecule has 0 fully saturated rings. The second kappa shape index (κ2) is 8.49. The zero-order chi connectivity index (χ0) is 17.5. The van der Waals surface area contributed by atoms with E-state index in [1.807, 2.05) is 50.2 Å². The summed E-state index contributed by atoms with van der Waals surface area (Å²) in [6.45, 7) is 3.86. The molecule has 2 aromatic rings. The maximum Gasteiger partial charge on any atom is 0.277 e. The zero-order valence-electron chi connectivity index (χ0n) is 13.8. The number of carbonyl (C=O) groups excluding carboxylic acids is 1. The van der Waals surface area contributed by atoms with Gasteiger partial charge in [0.1, 0.15) is 11.5 Å². The van der Waals surface area contributed by atoms with Crippen LogP contribution in [0, 0.1) is 13.8 Å². The van der Waals surface area contributed by atoms with Crippen LogP contribution in [0.15, 0.2) is 46.0 Å². The predicted octanol–water partition coefficient (Wildman–Crippen LogP) is 3.60. The maximum absolute atomic E-state index is 11.8. The van der Waals surface area contributed by atoms with Gasteiger partial charge in [-0.15, -0.1) is 0 Å². The lowest BCUT2D eigenvalue weighted by molar-refractivity contribution is -0.123. The molecule has 0 aromatic heterocycles. The number of aryl methyl sites for hydroxylation is 2. The van der Waals surface area contributed by atoms with E-state index in [-0.39, 0.29) is 12.5 Å². The van der Waals surface area contributed by atoms with Gasteiger partial charge in [-0.05, 0) is 55.3 Å². The molecule has 0 unspecified atom stereocenters. The molecule has 6 heteroatoms. The van der Waals surface area contributed by atoms with E-state index in [4.69, 9.17) is 9.47 Å². The van der Waals surface area contributed by atoms with Gasteiger partial charge in [0, 0.05) is 10.0 Å². The molecule has 0 saturated heterocycles. The van der Waals surface area contributed by atoms with Crippen LogP contribution in [0.4, 0.5) is 0 Å². The molecule has 0 radical (unpaired) electrons. The summed E-state index contributed by atoms with van der Waals surface area (Å²) in [5, 5.41) is 3.93. The molecule has 0 saturated carbocycles. The van der Waals surface area contributed by atoms with Crippen LogP contribution >= 0.6 is 15.9 Å². The SMILES string of the molecule is COc1ccc(Br)cc1/C=N/NC(=O)COc1cc(C)cc(C)c1. The number of hydrogen-bond acceptors (Lipinski definition) is 4. The van der Waals surface area contributed by atoms with Crippen LogP contribution in [0.2, 0.25) is 0 Å². The lowest BCUT2D eigenvalue weighted by Gasteiger charge is -2.07. The van der Waals surface area contributed by atoms with Crippen molar-refractivity contribution in [3.63, 3.8) is 0 Å². The first kappa shape index (κ1) is 18.0. The van der Waals surface area contributed by atoms with Gasteiger partial charge in [-0.25, -0.2) is 5.43 Å². The first-order valence-electron chi connectivity index (χ1n) is 7.34. The molecule has 24 heavy (non-hydrogen) atoms. The van der Waals surface area contributed by atoms with Crippen LogP contribution in [-0.2, 0) is 4.79 Å². The molecular formula is C18H19BrN2O3. The van der Waals surface area contributed by atoms with Crippen molar-refractivity contribution in [2.75, 3.05) is 13.7 Å². The molecule has 5 nitrogen and oxygen atoms in total. The van der Waals surface area contributed by atoms with Gasteiger partial charge >= 0.3 is 0 Å². The van der Waals surface area contributed by atoms with E-state index >= 15 is 0 Å². The fourth-order valence-electron chi connectivity index (χ4n) is 2.18. The summed E-state index contributed by atoms with van der Waals surface area (Å²) in [5.41, 5.74) is 5.36. The number of benzene rings is 2. The van der Waals surface area contributed by atoms with Crippen molar-refractivity contribution < 1.29 is 14.3 Å².